The Bertz CT molecular complexity index is 1210. The van der Waals surface area contributed by atoms with E-state index in [9.17, 15) is 0 Å². The first-order valence-corrected chi connectivity index (χ1v) is 10.8. The molecule has 1 aromatic carbocycles. The van der Waals surface area contributed by atoms with Crippen molar-refractivity contribution in [3.63, 3.8) is 0 Å². The number of aromatic nitrogens is 4. The average Bonchev–Trinajstić information content (AvgIpc) is 3.32. The van der Waals surface area contributed by atoms with Crippen molar-refractivity contribution in [2.24, 2.45) is 0 Å². The van der Waals surface area contributed by atoms with Crippen molar-refractivity contribution >= 4 is 16.6 Å². The Hall–Kier alpha value is -2.86. The number of rotatable bonds is 4. The molecule has 1 aliphatic rings. The average molecular weight is 404 g/mol. The summed E-state index contributed by atoms with van der Waals surface area (Å²) in [6, 6.07) is 11.1. The molecule has 30 heavy (non-hydrogen) atoms. The van der Waals surface area contributed by atoms with Gasteiger partial charge < -0.3 is 15.0 Å². The monoisotopic (exact) mass is 403 g/mol. The van der Waals surface area contributed by atoms with Gasteiger partial charge in [0.15, 0.2) is 5.65 Å². The van der Waals surface area contributed by atoms with Crippen molar-refractivity contribution < 1.29 is 4.74 Å². The van der Waals surface area contributed by atoms with Gasteiger partial charge in [-0.3, -0.25) is 0 Å². The number of methoxy groups -OCH3 is 1. The molecule has 0 saturated carbocycles. The fourth-order valence-electron chi connectivity index (χ4n) is 4.82. The van der Waals surface area contributed by atoms with Gasteiger partial charge in [-0.1, -0.05) is 19.9 Å². The lowest BCUT2D eigenvalue weighted by atomic mass is 9.88. The third-order valence-corrected chi connectivity index (χ3v) is 6.26. The molecule has 1 fully saturated rings. The number of ether oxygens (including phenoxy) is 1. The highest BCUT2D eigenvalue weighted by molar-refractivity contribution is 5.92. The molecule has 6 nitrogen and oxygen atoms in total. The highest BCUT2D eigenvalue weighted by atomic mass is 16.5. The van der Waals surface area contributed by atoms with Gasteiger partial charge in [-0.05, 0) is 74.0 Å². The van der Waals surface area contributed by atoms with Crippen molar-refractivity contribution in [1.82, 2.24) is 24.9 Å². The van der Waals surface area contributed by atoms with Crippen LogP contribution >= 0.6 is 0 Å². The van der Waals surface area contributed by atoms with Gasteiger partial charge in [0.2, 0.25) is 5.88 Å². The molecule has 0 radical (unpaired) electrons. The van der Waals surface area contributed by atoms with E-state index in [4.69, 9.17) is 4.74 Å². The molecule has 6 heteroatoms. The molecule has 3 aromatic heterocycles. The zero-order valence-electron chi connectivity index (χ0n) is 18.1. The zero-order valence-corrected chi connectivity index (χ0v) is 18.1. The van der Waals surface area contributed by atoms with E-state index >= 15 is 0 Å². The fourth-order valence-corrected chi connectivity index (χ4v) is 4.82. The maximum absolute atomic E-state index is 5.62. The summed E-state index contributed by atoms with van der Waals surface area (Å²) in [5.41, 5.74) is 7.01. The smallest absolute Gasteiger partial charge is 0.216 e. The molecule has 156 valence electrons. The van der Waals surface area contributed by atoms with Crippen LogP contribution in [0.4, 0.5) is 0 Å². The van der Waals surface area contributed by atoms with Crippen molar-refractivity contribution in [2.75, 3.05) is 20.2 Å². The van der Waals surface area contributed by atoms with Crippen molar-refractivity contribution in [1.29, 1.82) is 0 Å². The molecule has 5 rings (SSSR count). The molecule has 0 amide bonds. The van der Waals surface area contributed by atoms with E-state index in [1.165, 1.54) is 34.9 Å². The van der Waals surface area contributed by atoms with Gasteiger partial charge in [0, 0.05) is 22.5 Å². The second kappa shape index (κ2) is 7.43. The second-order valence-electron chi connectivity index (χ2n) is 8.61. The molecule has 0 atom stereocenters. The number of nitrogens with zero attached hydrogens (tertiary/aromatic N) is 3. The quantitative estimate of drug-likeness (QED) is 0.514. The summed E-state index contributed by atoms with van der Waals surface area (Å²) >= 11 is 0. The predicted octanol–water partition coefficient (Wildman–Crippen LogP) is 4.79. The van der Waals surface area contributed by atoms with Crippen molar-refractivity contribution in [3.05, 3.63) is 47.3 Å². The summed E-state index contributed by atoms with van der Waals surface area (Å²) < 4.78 is 7.37. The lowest BCUT2D eigenvalue weighted by molar-refractivity contribution is 0.385. The van der Waals surface area contributed by atoms with Gasteiger partial charge in [-0.25, -0.2) is 4.98 Å². The topological polar surface area (TPSA) is 67.2 Å². The first kappa shape index (κ1) is 19.1. The van der Waals surface area contributed by atoms with E-state index in [0.717, 1.165) is 35.8 Å². The molecular formula is C24H29N5O. The first-order valence-electron chi connectivity index (χ1n) is 10.8. The van der Waals surface area contributed by atoms with Gasteiger partial charge in [-0.15, -0.1) is 5.10 Å². The number of aromatic amines is 1. The number of H-pyrrole nitrogens is 1. The Morgan fingerprint density at radius 3 is 2.67 bits per heavy atom. The molecule has 4 heterocycles. The second-order valence-corrected chi connectivity index (χ2v) is 8.61. The number of pyridine rings is 1. The molecule has 0 aliphatic carbocycles. The van der Waals surface area contributed by atoms with Crippen LogP contribution in [-0.4, -0.2) is 39.8 Å². The summed E-state index contributed by atoms with van der Waals surface area (Å²) in [6.45, 7) is 8.64. The number of benzene rings is 1. The third-order valence-electron chi connectivity index (χ3n) is 6.26. The molecule has 0 bridgehead atoms. The number of nitrogens with one attached hydrogen (secondary N) is 2. The number of hydrogen-bond donors (Lipinski definition) is 2. The Kier molecular flexibility index (Phi) is 4.74. The molecular weight excluding hydrogens is 374 g/mol. The third kappa shape index (κ3) is 3.16. The lowest BCUT2D eigenvalue weighted by Crippen LogP contribution is -2.26. The van der Waals surface area contributed by atoms with E-state index in [1.54, 1.807) is 11.6 Å². The van der Waals surface area contributed by atoms with Crippen LogP contribution in [-0.2, 0) is 0 Å². The minimum absolute atomic E-state index is 0.388. The van der Waals surface area contributed by atoms with Crippen LogP contribution < -0.4 is 10.1 Å². The summed E-state index contributed by atoms with van der Waals surface area (Å²) in [7, 11) is 1.68. The van der Waals surface area contributed by atoms with Crippen molar-refractivity contribution in [3.8, 4) is 17.1 Å². The Balaban J connectivity index is 1.69. The number of piperidine rings is 1. The van der Waals surface area contributed by atoms with Gasteiger partial charge in [-0.2, -0.15) is 4.52 Å². The molecule has 1 saturated heterocycles. The lowest BCUT2D eigenvalue weighted by Gasteiger charge is -2.23. The zero-order chi connectivity index (χ0) is 20.8. The van der Waals surface area contributed by atoms with Gasteiger partial charge >= 0.3 is 0 Å². The minimum atomic E-state index is 0.388. The van der Waals surface area contributed by atoms with Crippen LogP contribution in [0.5, 0.6) is 5.88 Å². The van der Waals surface area contributed by atoms with E-state index in [-0.39, 0.29) is 0 Å². The molecule has 4 aromatic rings. The van der Waals surface area contributed by atoms with Crippen LogP contribution in [0.1, 0.15) is 55.5 Å². The fraction of sp³-hybridized carbons (Fsp3) is 0.417. The van der Waals surface area contributed by atoms with Crippen LogP contribution in [0.15, 0.2) is 30.3 Å². The highest BCUT2D eigenvalue weighted by Gasteiger charge is 2.21. The Labute approximate surface area is 176 Å². The van der Waals surface area contributed by atoms with Gasteiger partial charge in [0.1, 0.15) is 5.82 Å². The molecule has 0 spiro atoms. The maximum Gasteiger partial charge on any atom is 0.216 e. The van der Waals surface area contributed by atoms with Crippen LogP contribution in [0.25, 0.3) is 27.8 Å². The molecule has 2 N–H and O–H groups in total. The summed E-state index contributed by atoms with van der Waals surface area (Å²) in [4.78, 5) is 8.25. The largest absolute Gasteiger partial charge is 0.481 e. The number of fused-ring (bicyclic) bond motifs is 2. The molecule has 1 aliphatic heterocycles. The van der Waals surface area contributed by atoms with Gasteiger partial charge in [0.05, 0.1) is 12.8 Å². The Morgan fingerprint density at radius 1 is 1.13 bits per heavy atom. The van der Waals surface area contributed by atoms with Crippen LogP contribution in [0.3, 0.4) is 0 Å². The van der Waals surface area contributed by atoms with E-state index in [2.05, 4.69) is 58.5 Å². The van der Waals surface area contributed by atoms with Crippen LogP contribution in [0, 0.1) is 6.92 Å². The van der Waals surface area contributed by atoms with E-state index in [1.807, 2.05) is 13.0 Å². The predicted molar refractivity (Wildman–Crippen MR) is 121 cm³/mol. The van der Waals surface area contributed by atoms with Crippen molar-refractivity contribution in [2.45, 2.75) is 45.4 Å². The maximum atomic E-state index is 5.62. The SMILES string of the molecule is COc1cc(-c2[nH]c3ccc(C4CCNCC4)cc3c2C(C)C)cc2nc(C)nn12. The first-order chi connectivity index (χ1) is 14.5. The summed E-state index contributed by atoms with van der Waals surface area (Å²) in [6.07, 6.45) is 2.42. The summed E-state index contributed by atoms with van der Waals surface area (Å²) in [5.74, 6) is 2.45. The number of aryl methyl sites for hydroxylation is 1. The number of hydrogen-bond acceptors (Lipinski definition) is 4. The van der Waals surface area contributed by atoms with Gasteiger partial charge in [0.25, 0.3) is 0 Å². The Morgan fingerprint density at radius 2 is 1.93 bits per heavy atom. The van der Waals surface area contributed by atoms with E-state index < -0.39 is 0 Å². The highest BCUT2D eigenvalue weighted by Crippen LogP contribution is 2.39. The summed E-state index contributed by atoms with van der Waals surface area (Å²) in [5, 5.41) is 9.25. The van der Waals surface area contributed by atoms with E-state index in [0.29, 0.717) is 17.7 Å². The minimum Gasteiger partial charge on any atom is -0.481 e. The van der Waals surface area contributed by atoms with Crippen LogP contribution in [0.2, 0.25) is 0 Å². The standard InChI is InChI=1S/C24H29N5O/c1-14(2)23-19-11-17(16-7-9-25-10-8-16)5-6-20(19)27-24(23)18-12-21-26-15(3)28-29(21)22(13-18)30-4/h5-6,11-14,16,25,27H,7-10H2,1-4H3. The normalized spacial score (nSPS) is 15.5. The molecule has 0 unspecified atom stereocenters.